The maximum absolute atomic E-state index is 9.12. The van der Waals surface area contributed by atoms with Crippen LogP contribution in [0.1, 0.15) is 32.1 Å². The Hall–Kier alpha value is -0.120. The van der Waals surface area contributed by atoms with E-state index in [9.17, 15) is 0 Å². The van der Waals surface area contributed by atoms with Crippen LogP contribution in [0.5, 0.6) is 0 Å². The third kappa shape index (κ3) is 4.60. The summed E-state index contributed by atoms with van der Waals surface area (Å²) in [5.41, 5.74) is 5.26. The number of rotatable bonds is 7. The quantitative estimate of drug-likeness (QED) is 0.582. The molecule has 0 aromatic heterocycles. The lowest BCUT2D eigenvalue weighted by Crippen LogP contribution is -2.21. The number of nitrogens with two attached hydrogens (primary N) is 1. The van der Waals surface area contributed by atoms with Crippen LogP contribution in [0.4, 0.5) is 0 Å². The average Bonchev–Trinajstić information content (AvgIpc) is 2.07. The summed E-state index contributed by atoms with van der Waals surface area (Å²) in [5, 5.41) is 9.12. The lowest BCUT2D eigenvalue weighted by atomic mass is 9.83. The van der Waals surface area contributed by atoms with Gasteiger partial charge in [-0.05, 0) is 18.8 Å². The molecule has 1 unspecified atom stereocenters. The van der Waals surface area contributed by atoms with Crippen LogP contribution in [-0.2, 0) is 4.74 Å². The molecule has 0 radical (unpaired) electrons. The van der Waals surface area contributed by atoms with Gasteiger partial charge in [0.1, 0.15) is 0 Å². The van der Waals surface area contributed by atoms with Crippen molar-refractivity contribution in [2.75, 3.05) is 19.8 Å². The highest BCUT2D eigenvalue weighted by atomic mass is 16.5. The first-order chi connectivity index (χ1) is 6.33. The number of aliphatic hydroxyl groups is 1. The highest BCUT2D eigenvalue weighted by Gasteiger charge is 2.16. The predicted molar refractivity (Wildman–Crippen MR) is 52.5 cm³/mol. The molecule has 0 aromatic rings. The Balaban J connectivity index is 1.78. The fraction of sp³-hybridized carbons (Fsp3) is 1.00. The summed E-state index contributed by atoms with van der Waals surface area (Å²) in [6.07, 6.45) is 5.64. The zero-order chi connectivity index (χ0) is 9.52. The van der Waals surface area contributed by atoms with E-state index in [1.165, 1.54) is 25.7 Å². The Kier molecular flexibility index (Phi) is 5.35. The molecule has 1 aliphatic carbocycles. The first kappa shape index (κ1) is 11.0. The molecule has 1 rings (SSSR count). The summed E-state index contributed by atoms with van der Waals surface area (Å²) >= 11 is 0. The van der Waals surface area contributed by atoms with E-state index in [0.29, 0.717) is 19.6 Å². The van der Waals surface area contributed by atoms with Gasteiger partial charge in [0.2, 0.25) is 0 Å². The molecule has 1 atom stereocenters. The molecular weight excluding hydrogens is 166 g/mol. The normalized spacial score (nSPS) is 19.8. The Labute approximate surface area is 80.3 Å². The van der Waals surface area contributed by atoms with E-state index >= 15 is 0 Å². The Morgan fingerprint density at radius 2 is 2.15 bits per heavy atom. The molecule has 3 nitrogen and oxygen atoms in total. The van der Waals surface area contributed by atoms with E-state index in [4.69, 9.17) is 15.6 Å². The molecule has 0 saturated heterocycles. The lowest BCUT2D eigenvalue weighted by molar-refractivity contribution is 0.0716. The minimum absolute atomic E-state index is 0.339. The second kappa shape index (κ2) is 6.35. The van der Waals surface area contributed by atoms with Crippen LogP contribution >= 0.6 is 0 Å². The van der Waals surface area contributed by atoms with Crippen molar-refractivity contribution in [1.29, 1.82) is 0 Å². The minimum atomic E-state index is -0.385. The second-order valence-corrected chi connectivity index (χ2v) is 3.88. The number of aliphatic hydroxyl groups excluding tert-OH is 1. The van der Waals surface area contributed by atoms with Crippen molar-refractivity contribution in [2.24, 2.45) is 11.7 Å². The van der Waals surface area contributed by atoms with Gasteiger partial charge in [-0.3, -0.25) is 0 Å². The Bertz CT molecular complexity index is 119. The standard InChI is InChI=1S/C10H21NO2/c11-8-10(12)5-7-13-6-4-9-2-1-3-9/h9-10,12H,1-8,11H2. The zero-order valence-electron chi connectivity index (χ0n) is 8.24. The van der Waals surface area contributed by atoms with Crippen LogP contribution in [-0.4, -0.2) is 31.0 Å². The fourth-order valence-electron chi connectivity index (χ4n) is 1.47. The highest BCUT2D eigenvalue weighted by molar-refractivity contribution is 4.68. The van der Waals surface area contributed by atoms with Gasteiger partial charge in [0, 0.05) is 19.8 Å². The van der Waals surface area contributed by atoms with E-state index in [1.807, 2.05) is 0 Å². The van der Waals surface area contributed by atoms with Crippen molar-refractivity contribution in [2.45, 2.75) is 38.2 Å². The smallest absolute Gasteiger partial charge is 0.0684 e. The molecule has 0 spiro atoms. The SMILES string of the molecule is NCC(O)CCOCCC1CCC1. The molecule has 3 N–H and O–H groups in total. The van der Waals surface area contributed by atoms with Crippen molar-refractivity contribution in [3.8, 4) is 0 Å². The molecule has 13 heavy (non-hydrogen) atoms. The average molecular weight is 187 g/mol. The maximum atomic E-state index is 9.12. The minimum Gasteiger partial charge on any atom is -0.392 e. The Morgan fingerprint density at radius 1 is 1.38 bits per heavy atom. The van der Waals surface area contributed by atoms with Crippen molar-refractivity contribution in [3.05, 3.63) is 0 Å². The van der Waals surface area contributed by atoms with Gasteiger partial charge in [0.25, 0.3) is 0 Å². The summed E-state index contributed by atoms with van der Waals surface area (Å²) in [6, 6.07) is 0. The van der Waals surface area contributed by atoms with Gasteiger partial charge in [-0.1, -0.05) is 19.3 Å². The van der Waals surface area contributed by atoms with Gasteiger partial charge in [0.15, 0.2) is 0 Å². The predicted octanol–water partition coefficient (Wildman–Crippen LogP) is 0.903. The van der Waals surface area contributed by atoms with Crippen LogP contribution in [0, 0.1) is 5.92 Å². The number of hydrogen-bond donors (Lipinski definition) is 2. The molecular formula is C10H21NO2. The lowest BCUT2D eigenvalue weighted by Gasteiger charge is -2.24. The monoisotopic (exact) mass is 187 g/mol. The first-order valence-electron chi connectivity index (χ1n) is 5.29. The van der Waals surface area contributed by atoms with E-state index in [1.54, 1.807) is 0 Å². The van der Waals surface area contributed by atoms with Crippen LogP contribution in [0.25, 0.3) is 0 Å². The molecule has 1 fully saturated rings. The molecule has 0 amide bonds. The van der Waals surface area contributed by atoms with Crippen molar-refractivity contribution in [1.82, 2.24) is 0 Å². The molecule has 0 bridgehead atoms. The first-order valence-corrected chi connectivity index (χ1v) is 5.29. The van der Waals surface area contributed by atoms with Crippen LogP contribution in [0.2, 0.25) is 0 Å². The molecule has 0 aliphatic heterocycles. The van der Waals surface area contributed by atoms with Gasteiger partial charge in [-0.25, -0.2) is 0 Å². The summed E-state index contributed by atoms with van der Waals surface area (Å²) in [4.78, 5) is 0. The van der Waals surface area contributed by atoms with Crippen molar-refractivity contribution in [3.63, 3.8) is 0 Å². The topological polar surface area (TPSA) is 55.5 Å². The van der Waals surface area contributed by atoms with Gasteiger partial charge >= 0.3 is 0 Å². The molecule has 1 saturated carbocycles. The number of ether oxygens (including phenoxy) is 1. The third-order valence-electron chi connectivity index (χ3n) is 2.76. The zero-order valence-corrected chi connectivity index (χ0v) is 8.24. The van der Waals surface area contributed by atoms with Crippen molar-refractivity contribution >= 4 is 0 Å². The summed E-state index contributed by atoms with van der Waals surface area (Å²) < 4.78 is 5.40. The van der Waals surface area contributed by atoms with Gasteiger partial charge in [-0.15, -0.1) is 0 Å². The van der Waals surface area contributed by atoms with E-state index in [-0.39, 0.29) is 6.10 Å². The number of hydrogen-bond acceptors (Lipinski definition) is 3. The largest absolute Gasteiger partial charge is 0.392 e. The molecule has 0 heterocycles. The molecule has 1 aliphatic rings. The molecule has 3 heteroatoms. The summed E-state index contributed by atoms with van der Waals surface area (Å²) in [6.45, 7) is 1.83. The molecule has 0 aromatic carbocycles. The van der Waals surface area contributed by atoms with E-state index in [2.05, 4.69) is 0 Å². The van der Waals surface area contributed by atoms with Gasteiger partial charge < -0.3 is 15.6 Å². The molecule has 78 valence electrons. The van der Waals surface area contributed by atoms with E-state index < -0.39 is 0 Å². The fourth-order valence-corrected chi connectivity index (χ4v) is 1.47. The Morgan fingerprint density at radius 3 is 2.69 bits per heavy atom. The van der Waals surface area contributed by atoms with Gasteiger partial charge in [-0.2, -0.15) is 0 Å². The second-order valence-electron chi connectivity index (χ2n) is 3.88. The third-order valence-corrected chi connectivity index (χ3v) is 2.76. The summed E-state index contributed by atoms with van der Waals surface area (Å²) in [5.74, 6) is 0.916. The van der Waals surface area contributed by atoms with Gasteiger partial charge in [0.05, 0.1) is 6.10 Å². The maximum Gasteiger partial charge on any atom is 0.0684 e. The summed E-state index contributed by atoms with van der Waals surface area (Å²) in [7, 11) is 0. The van der Waals surface area contributed by atoms with Crippen LogP contribution in [0.15, 0.2) is 0 Å². The van der Waals surface area contributed by atoms with Crippen molar-refractivity contribution < 1.29 is 9.84 Å². The van der Waals surface area contributed by atoms with E-state index in [0.717, 1.165) is 12.5 Å². The van der Waals surface area contributed by atoms with Crippen LogP contribution < -0.4 is 5.73 Å². The highest BCUT2D eigenvalue weighted by Crippen LogP contribution is 2.29. The van der Waals surface area contributed by atoms with Crippen LogP contribution in [0.3, 0.4) is 0 Å².